The molecule has 36 heavy (non-hydrogen) atoms. The van der Waals surface area contributed by atoms with Crippen LogP contribution in [0.25, 0.3) is 21.8 Å². The molecule has 1 aliphatic heterocycles. The number of carbonyl (C=O) groups excluding carboxylic acids is 1. The lowest BCUT2D eigenvalue weighted by Crippen LogP contribution is -2.40. The van der Waals surface area contributed by atoms with Crippen molar-refractivity contribution in [3.8, 4) is 0 Å². The number of amides is 1. The summed E-state index contributed by atoms with van der Waals surface area (Å²) in [4.78, 5) is 28.7. The number of hydrogen-bond acceptors (Lipinski definition) is 4. The van der Waals surface area contributed by atoms with E-state index in [0.29, 0.717) is 18.6 Å². The van der Waals surface area contributed by atoms with Crippen LogP contribution in [0.2, 0.25) is 0 Å². The minimum Gasteiger partial charge on any atom is -0.354 e. The number of carbonyl (C=O) groups is 1. The van der Waals surface area contributed by atoms with E-state index in [1.165, 1.54) is 11.1 Å². The molecule has 0 aliphatic carbocycles. The molecule has 2 aromatic carbocycles. The molecular formula is C29H35N5O2. The lowest BCUT2D eigenvalue weighted by Gasteiger charge is -2.34. The first-order valence-electron chi connectivity index (χ1n) is 13.0. The molecule has 1 aliphatic rings. The van der Waals surface area contributed by atoms with Crippen molar-refractivity contribution in [3.63, 3.8) is 0 Å². The molecule has 4 aromatic rings. The molecule has 3 heterocycles. The summed E-state index contributed by atoms with van der Waals surface area (Å²) >= 11 is 0. The number of benzene rings is 2. The number of piperidine rings is 1. The van der Waals surface area contributed by atoms with Gasteiger partial charge in [0, 0.05) is 42.5 Å². The highest BCUT2D eigenvalue weighted by molar-refractivity contribution is 6.07. The van der Waals surface area contributed by atoms with E-state index in [9.17, 15) is 9.59 Å². The maximum absolute atomic E-state index is 13.5. The number of aromatic nitrogens is 3. The molecule has 0 radical (unpaired) electrons. The van der Waals surface area contributed by atoms with Gasteiger partial charge in [-0.2, -0.15) is 5.10 Å². The molecule has 0 bridgehead atoms. The molecule has 5 rings (SSSR count). The van der Waals surface area contributed by atoms with Crippen LogP contribution >= 0.6 is 0 Å². The van der Waals surface area contributed by atoms with E-state index in [2.05, 4.69) is 41.3 Å². The third-order valence-electron chi connectivity index (χ3n) is 7.17. The van der Waals surface area contributed by atoms with Crippen LogP contribution in [-0.4, -0.2) is 51.3 Å². The Morgan fingerprint density at radius 1 is 1.00 bits per heavy atom. The predicted molar refractivity (Wildman–Crippen MR) is 144 cm³/mol. The first-order chi connectivity index (χ1) is 17.5. The van der Waals surface area contributed by atoms with Crippen LogP contribution in [0.4, 0.5) is 0 Å². The van der Waals surface area contributed by atoms with Gasteiger partial charge in [0.25, 0.3) is 5.56 Å². The summed E-state index contributed by atoms with van der Waals surface area (Å²) in [6, 6.07) is 18.1. The fourth-order valence-electron chi connectivity index (χ4n) is 5.73. The second-order valence-electron chi connectivity index (χ2n) is 10.4. The monoisotopic (exact) mass is 485 g/mol. The highest BCUT2D eigenvalue weighted by Crippen LogP contribution is 2.27. The van der Waals surface area contributed by atoms with Crippen molar-refractivity contribution in [2.75, 3.05) is 26.2 Å². The second kappa shape index (κ2) is 10.7. The molecule has 1 saturated heterocycles. The number of likely N-dealkylation sites (tertiary alicyclic amines) is 1. The summed E-state index contributed by atoms with van der Waals surface area (Å²) in [7, 11) is 0. The maximum Gasteiger partial charge on any atom is 0.291 e. The Morgan fingerprint density at radius 3 is 2.50 bits per heavy atom. The van der Waals surface area contributed by atoms with Gasteiger partial charge in [-0.15, -0.1) is 0 Å². The zero-order chi connectivity index (χ0) is 25.1. The maximum atomic E-state index is 13.5. The van der Waals surface area contributed by atoms with Crippen LogP contribution in [0.1, 0.15) is 32.3 Å². The number of nitrogens with zero attached hydrogens (tertiary/aromatic N) is 4. The highest BCUT2D eigenvalue weighted by atomic mass is 16.2. The quantitative estimate of drug-likeness (QED) is 0.385. The van der Waals surface area contributed by atoms with Gasteiger partial charge in [-0.25, -0.2) is 4.68 Å². The van der Waals surface area contributed by atoms with E-state index in [0.717, 1.165) is 59.7 Å². The van der Waals surface area contributed by atoms with E-state index in [4.69, 9.17) is 0 Å². The van der Waals surface area contributed by atoms with Gasteiger partial charge >= 0.3 is 0 Å². The largest absolute Gasteiger partial charge is 0.354 e. The van der Waals surface area contributed by atoms with Crippen LogP contribution in [-0.2, 0) is 17.9 Å². The van der Waals surface area contributed by atoms with Gasteiger partial charge in [0.15, 0.2) is 0 Å². The average Bonchev–Trinajstić information content (AvgIpc) is 3.18. The summed E-state index contributed by atoms with van der Waals surface area (Å²) in [6.07, 6.45) is 3.91. The Morgan fingerprint density at radius 2 is 1.72 bits per heavy atom. The lowest BCUT2D eigenvalue weighted by atomic mass is 9.92. The van der Waals surface area contributed by atoms with Crippen molar-refractivity contribution in [1.29, 1.82) is 0 Å². The molecule has 188 valence electrons. The molecule has 2 atom stereocenters. The van der Waals surface area contributed by atoms with E-state index in [-0.39, 0.29) is 18.0 Å². The van der Waals surface area contributed by atoms with E-state index in [1.807, 2.05) is 47.0 Å². The first-order valence-corrected chi connectivity index (χ1v) is 13.0. The summed E-state index contributed by atoms with van der Waals surface area (Å²) in [5, 5.41) is 9.14. The highest BCUT2D eigenvalue weighted by Gasteiger charge is 2.21. The predicted octanol–water partition coefficient (Wildman–Crippen LogP) is 3.88. The Hall–Kier alpha value is -3.45. The van der Waals surface area contributed by atoms with Crippen LogP contribution in [0.5, 0.6) is 0 Å². The molecule has 0 spiro atoms. The Labute approximate surface area is 211 Å². The van der Waals surface area contributed by atoms with Crippen molar-refractivity contribution in [2.24, 2.45) is 11.8 Å². The van der Waals surface area contributed by atoms with Crippen LogP contribution in [0, 0.1) is 11.8 Å². The van der Waals surface area contributed by atoms with Crippen LogP contribution in [0.3, 0.4) is 0 Å². The third-order valence-corrected chi connectivity index (χ3v) is 7.17. The summed E-state index contributed by atoms with van der Waals surface area (Å²) < 4.78 is 3.32. The van der Waals surface area contributed by atoms with Gasteiger partial charge in [-0.1, -0.05) is 62.4 Å². The van der Waals surface area contributed by atoms with Crippen molar-refractivity contribution in [2.45, 2.75) is 39.8 Å². The number of fused-ring (bicyclic) bond motifs is 3. The van der Waals surface area contributed by atoms with E-state index < -0.39 is 0 Å². The van der Waals surface area contributed by atoms with Gasteiger partial charge in [-0.05, 0) is 42.9 Å². The third kappa shape index (κ3) is 5.21. The molecule has 1 fully saturated rings. The van der Waals surface area contributed by atoms with Crippen molar-refractivity contribution >= 4 is 27.7 Å². The van der Waals surface area contributed by atoms with Gasteiger partial charge in [-0.3, -0.25) is 9.59 Å². The first kappa shape index (κ1) is 24.3. The molecule has 1 N–H and O–H groups in total. The molecule has 0 unspecified atom stereocenters. The van der Waals surface area contributed by atoms with Crippen molar-refractivity contribution in [3.05, 3.63) is 76.7 Å². The average molecular weight is 486 g/mol. The molecule has 0 saturated carbocycles. The SMILES string of the molecule is C[C@H]1C[C@H](C)CN(CCCNC(=O)Cn2ncc3c4ccccc4n(Cc4ccccc4)c3c2=O)C1. The Bertz CT molecular complexity index is 1400. The van der Waals surface area contributed by atoms with Crippen LogP contribution < -0.4 is 10.9 Å². The number of nitrogens with one attached hydrogen (secondary N) is 1. The smallest absolute Gasteiger partial charge is 0.291 e. The fourth-order valence-corrected chi connectivity index (χ4v) is 5.73. The van der Waals surface area contributed by atoms with E-state index >= 15 is 0 Å². The van der Waals surface area contributed by atoms with Crippen LogP contribution in [0.15, 0.2) is 65.6 Å². The topological polar surface area (TPSA) is 72.2 Å². The molecule has 7 nitrogen and oxygen atoms in total. The Balaban J connectivity index is 1.30. The van der Waals surface area contributed by atoms with Gasteiger partial charge in [0.1, 0.15) is 12.1 Å². The lowest BCUT2D eigenvalue weighted by molar-refractivity contribution is -0.121. The molecular weight excluding hydrogens is 450 g/mol. The number of rotatable bonds is 8. The minimum atomic E-state index is -0.244. The molecule has 1 amide bonds. The van der Waals surface area contributed by atoms with Crippen molar-refractivity contribution in [1.82, 2.24) is 24.6 Å². The minimum absolute atomic E-state index is 0.0839. The van der Waals surface area contributed by atoms with Gasteiger partial charge < -0.3 is 14.8 Å². The molecule has 2 aromatic heterocycles. The number of para-hydroxylation sites is 1. The van der Waals surface area contributed by atoms with Gasteiger partial charge in [0.2, 0.25) is 5.91 Å². The number of hydrogen-bond donors (Lipinski definition) is 1. The zero-order valence-corrected chi connectivity index (χ0v) is 21.2. The van der Waals surface area contributed by atoms with Crippen molar-refractivity contribution < 1.29 is 4.79 Å². The summed E-state index contributed by atoms with van der Waals surface area (Å²) in [5.74, 6) is 1.28. The van der Waals surface area contributed by atoms with E-state index in [1.54, 1.807) is 6.20 Å². The normalized spacial score (nSPS) is 18.6. The zero-order valence-electron chi connectivity index (χ0n) is 21.2. The molecule has 7 heteroatoms. The summed E-state index contributed by atoms with van der Waals surface area (Å²) in [5.41, 5.74) is 2.43. The van der Waals surface area contributed by atoms with Gasteiger partial charge in [0.05, 0.1) is 6.20 Å². The Kier molecular flexibility index (Phi) is 7.18. The summed E-state index contributed by atoms with van der Waals surface area (Å²) in [6.45, 7) is 8.96. The second-order valence-corrected chi connectivity index (χ2v) is 10.4. The standard InChI is InChI=1S/C29H35N5O2/c1-21-15-22(2)18-32(17-21)14-8-13-30-27(35)20-34-29(36)28-25(16-31-34)24-11-6-7-12-26(24)33(28)19-23-9-4-3-5-10-23/h3-7,9-12,16,21-22H,8,13-15,17-20H2,1-2H3,(H,30,35)/t21-,22-/m0/s1. The fraction of sp³-hybridized carbons (Fsp3) is 0.414.